The quantitative estimate of drug-likeness (QED) is 0.528. The summed E-state index contributed by atoms with van der Waals surface area (Å²) in [5, 5.41) is 0. The summed E-state index contributed by atoms with van der Waals surface area (Å²) in [5.74, 6) is 2.37. The number of rotatable bonds is 5. The van der Waals surface area contributed by atoms with E-state index in [4.69, 9.17) is 9.15 Å². The van der Waals surface area contributed by atoms with Crippen molar-refractivity contribution in [1.29, 1.82) is 0 Å². The van der Waals surface area contributed by atoms with Crippen molar-refractivity contribution in [2.75, 3.05) is 6.61 Å². The van der Waals surface area contributed by atoms with E-state index in [0.717, 1.165) is 27.2 Å². The van der Waals surface area contributed by atoms with Gasteiger partial charge in [-0.15, -0.1) is 0 Å². The Morgan fingerprint density at radius 1 is 1.04 bits per heavy atom. The molecule has 23 heavy (non-hydrogen) atoms. The first-order valence-corrected chi connectivity index (χ1v) is 8.17. The molecule has 0 radical (unpaired) electrons. The van der Waals surface area contributed by atoms with Crippen molar-refractivity contribution in [3.8, 4) is 17.1 Å². The monoisotopic (exact) mass is 369 g/mol. The second-order valence-corrected chi connectivity index (χ2v) is 5.72. The molecule has 3 rings (SSSR count). The van der Waals surface area contributed by atoms with E-state index in [1.165, 1.54) is 0 Å². The van der Waals surface area contributed by atoms with Crippen LogP contribution in [0.3, 0.4) is 0 Å². The van der Waals surface area contributed by atoms with Crippen molar-refractivity contribution < 1.29 is 9.15 Å². The summed E-state index contributed by atoms with van der Waals surface area (Å²) in [4.78, 5) is 4.42. The molecule has 0 atom stereocenters. The minimum Gasteiger partial charge on any atom is -0.494 e. The zero-order chi connectivity index (χ0) is 16.1. The van der Waals surface area contributed by atoms with E-state index in [1.54, 1.807) is 6.21 Å². The Balaban J connectivity index is 1.75. The maximum atomic E-state index is 5.83. The highest BCUT2D eigenvalue weighted by Crippen LogP contribution is 2.29. The van der Waals surface area contributed by atoms with Gasteiger partial charge in [0.05, 0.1) is 18.5 Å². The van der Waals surface area contributed by atoms with Crippen molar-refractivity contribution in [2.45, 2.75) is 6.92 Å². The fraction of sp³-hybridized carbons (Fsp3) is 0.105. The zero-order valence-corrected chi connectivity index (χ0v) is 14.3. The molecule has 0 saturated heterocycles. The van der Waals surface area contributed by atoms with E-state index in [9.17, 15) is 0 Å². The van der Waals surface area contributed by atoms with Crippen LogP contribution in [0.1, 0.15) is 12.7 Å². The summed E-state index contributed by atoms with van der Waals surface area (Å²) in [5.41, 5.74) is 1.88. The molecule has 0 saturated carbocycles. The van der Waals surface area contributed by atoms with Crippen LogP contribution in [0.4, 0.5) is 5.69 Å². The lowest BCUT2D eigenvalue weighted by Gasteiger charge is -2.01. The first-order valence-electron chi connectivity index (χ1n) is 7.38. The zero-order valence-electron chi connectivity index (χ0n) is 12.7. The van der Waals surface area contributed by atoms with E-state index in [0.29, 0.717) is 12.4 Å². The number of aliphatic imine (C=N–C) groups is 1. The van der Waals surface area contributed by atoms with Gasteiger partial charge in [-0.25, -0.2) is 0 Å². The van der Waals surface area contributed by atoms with Gasteiger partial charge in [0, 0.05) is 10.0 Å². The van der Waals surface area contributed by atoms with Gasteiger partial charge in [0.25, 0.3) is 0 Å². The number of ether oxygens (including phenoxy) is 1. The van der Waals surface area contributed by atoms with E-state index >= 15 is 0 Å². The third-order valence-electron chi connectivity index (χ3n) is 3.25. The highest BCUT2D eigenvalue weighted by molar-refractivity contribution is 9.10. The third kappa shape index (κ3) is 3.90. The van der Waals surface area contributed by atoms with E-state index in [-0.39, 0.29) is 0 Å². The third-order valence-corrected chi connectivity index (χ3v) is 3.95. The number of hydrogen-bond donors (Lipinski definition) is 0. The van der Waals surface area contributed by atoms with Gasteiger partial charge in [-0.1, -0.05) is 34.1 Å². The topological polar surface area (TPSA) is 34.7 Å². The van der Waals surface area contributed by atoms with Crippen LogP contribution in [0.2, 0.25) is 0 Å². The van der Waals surface area contributed by atoms with Crippen LogP contribution in [0, 0.1) is 0 Å². The fourth-order valence-electron chi connectivity index (χ4n) is 2.16. The van der Waals surface area contributed by atoms with Gasteiger partial charge in [-0.3, -0.25) is 4.99 Å². The highest BCUT2D eigenvalue weighted by Gasteiger charge is 2.06. The Kier molecular flexibility index (Phi) is 4.93. The first kappa shape index (κ1) is 15.6. The molecule has 3 aromatic rings. The molecule has 1 aromatic heterocycles. The van der Waals surface area contributed by atoms with Crippen LogP contribution in [0.15, 0.2) is 74.5 Å². The lowest BCUT2D eigenvalue weighted by Crippen LogP contribution is -1.89. The standard InChI is InChI=1S/C19H16BrNO2/c1-2-22-15-9-7-14(8-10-15)21-13-16-11-12-19(23-16)17-5-3-4-6-18(17)20/h3-13H,2H2,1H3. The average Bonchev–Trinajstić information content (AvgIpc) is 3.04. The van der Waals surface area contributed by atoms with Crippen LogP contribution < -0.4 is 4.74 Å². The van der Waals surface area contributed by atoms with Crippen molar-refractivity contribution in [1.82, 2.24) is 0 Å². The predicted molar refractivity (Wildman–Crippen MR) is 96.7 cm³/mol. The lowest BCUT2D eigenvalue weighted by molar-refractivity contribution is 0.340. The molecule has 0 amide bonds. The SMILES string of the molecule is CCOc1ccc(N=Cc2ccc(-c3ccccc3Br)o2)cc1. The van der Waals surface area contributed by atoms with Gasteiger partial charge in [0.15, 0.2) is 0 Å². The Morgan fingerprint density at radius 3 is 2.57 bits per heavy atom. The Morgan fingerprint density at radius 2 is 1.83 bits per heavy atom. The van der Waals surface area contributed by atoms with Crippen molar-refractivity contribution in [2.24, 2.45) is 4.99 Å². The second-order valence-electron chi connectivity index (χ2n) is 4.87. The van der Waals surface area contributed by atoms with Gasteiger partial charge in [-0.2, -0.15) is 0 Å². The van der Waals surface area contributed by atoms with Gasteiger partial charge in [0.2, 0.25) is 0 Å². The van der Waals surface area contributed by atoms with Crippen LogP contribution in [0.25, 0.3) is 11.3 Å². The Labute approximate surface area is 143 Å². The molecule has 0 aliphatic heterocycles. The maximum Gasteiger partial charge on any atom is 0.145 e. The molecule has 3 nitrogen and oxygen atoms in total. The first-order chi connectivity index (χ1) is 11.3. The van der Waals surface area contributed by atoms with Gasteiger partial charge in [0.1, 0.15) is 17.3 Å². The smallest absolute Gasteiger partial charge is 0.145 e. The molecule has 0 aliphatic rings. The molecule has 116 valence electrons. The summed E-state index contributed by atoms with van der Waals surface area (Å²) in [6.07, 6.45) is 1.72. The lowest BCUT2D eigenvalue weighted by atomic mass is 10.2. The molecule has 0 N–H and O–H groups in total. The molecule has 0 aliphatic carbocycles. The van der Waals surface area contributed by atoms with Crippen molar-refractivity contribution in [3.05, 3.63) is 70.9 Å². The second kappa shape index (κ2) is 7.29. The van der Waals surface area contributed by atoms with Crippen LogP contribution >= 0.6 is 15.9 Å². The molecule has 0 fully saturated rings. The van der Waals surface area contributed by atoms with Crippen molar-refractivity contribution >= 4 is 27.8 Å². The maximum absolute atomic E-state index is 5.83. The number of halogens is 1. The molecular weight excluding hydrogens is 354 g/mol. The highest BCUT2D eigenvalue weighted by atomic mass is 79.9. The molecule has 0 spiro atoms. The minimum absolute atomic E-state index is 0.660. The molecule has 4 heteroatoms. The van der Waals surface area contributed by atoms with Gasteiger partial charge >= 0.3 is 0 Å². The largest absolute Gasteiger partial charge is 0.494 e. The fourth-order valence-corrected chi connectivity index (χ4v) is 2.64. The minimum atomic E-state index is 0.660. The number of furan rings is 1. The summed E-state index contributed by atoms with van der Waals surface area (Å²) in [6.45, 7) is 2.62. The van der Waals surface area contributed by atoms with E-state index in [2.05, 4.69) is 20.9 Å². The summed E-state index contributed by atoms with van der Waals surface area (Å²) in [6, 6.07) is 19.5. The molecule has 1 heterocycles. The number of hydrogen-bond acceptors (Lipinski definition) is 3. The number of benzene rings is 2. The van der Waals surface area contributed by atoms with E-state index in [1.807, 2.05) is 67.6 Å². The predicted octanol–water partition coefficient (Wildman–Crippen LogP) is 5.86. The van der Waals surface area contributed by atoms with Crippen LogP contribution in [-0.4, -0.2) is 12.8 Å². The molecule has 0 unspecified atom stereocenters. The van der Waals surface area contributed by atoms with Crippen LogP contribution in [-0.2, 0) is 0 Å². The number of nitrogens with zero attached hydrogens (tertiary/aromatic N) is 1. The summed E-state index contributed by atoms with van der Waals surface area (Å²) in [7, 11) is 0. The average molecular weight is 370 g/mol. The van der Waals surface area contributed by atoms with Crippen molar-refractivity contribution in [3.63, 3.8) is 0 Å². The molecule has 2 aromatic carbocycles. The van der Waals surface area contributed by atoms with Gasteiger partial charge < -0.3 is 9.15 Å². The summed E-state index contributed by atoms with van der Waals surface area (Å²) >= 11 is 3.53. The normalized spacial score (nSPS) is 11.0. The summed E-state index contributed by atoms with van der Waals surface area (Å²) < 4.78 is 12.2. The molecular formula is C19H16BrNO2. The Hall–Kier alpha value is -2.33. The molecule has 0 bridgehead atoms. The van der Waals surface area contributed by atoms with E-state index < -0.39 is 0 Å². The van der Waals surface area contributed by atoms with Gasteiger partial charge in [-0.05, 0) is 49.4 Å². The Bertz CT molecular complexity index is 806. The van der Waals surface area contributed by atoms with Crippen LogP contribution in [0.5, 0.6) is 5.75 Å².